The lowest BCUT2D eigenvalue weighted by Crippen LogP contribution is -2.34. The standard InChI is InChI=1S/C15H21FN2O2/c1-11(14-5-4-13(16)10-15(14)20)17-6-3-7-18(9-8-17)12(2)19/h4-5,10-11,20H,3,6-9H2,1-2H3. The van der Waals surface area contributed by atoms with Crippen LogP contribution >= 0.6 is 0 Å². The summed E-state index contributed by atoms with van der Waals surface area (Å²) in [6.07, 6.45) is 0.909. The molecule has 1 amide bonds. The smallest absolute Gasteiger partial charge is 0.219 e. The molecule has 0 radical (unpaired) electrons. The molecule has 1 N–H and O–H groups in total. The largest absolute Gasteiger partial charge is 0.508 e. The predicted molar refractivity (Wildman–Crippen MR) is 74.9 cm³/mol. The van der Waals surface area contributed by atoms with Crippen LogP contribution in [0.1, 0.15) is 31.9 Å². The molecular formula is C15H21FN2O2. The summed E-state index contributed by atoms with van der Waals surface area (Å²) < 4.78 is 13.0. The average molecular weight is 280 g/mol. The summed E-state index contributed by atoms with van der Waals surface area (Å²) in [5.41, 5.74) is 0.725. The van der Waals surface area contributed by atoms with E-state index in [1.165, 1.54) is 6.07 Å². The first-order valence-corrected chi connectivity index (χ1v) is 6.97. The second kappa shape index (κ2) is 6.22. The highest BCUT2D eigenvalue weighted by Crippen LogP contribution is 2.29. The summed E-state index contributed by atoms with van der Waals surface area (Å²) in [6, 6.07) is 4.14. The number of carbonyl (C=O) groups is 1. The summed E-state index contributed by atoms with van der Waals surface area (Å²) >= 11 is 0. The quantitative estimate of drug-likeness (QED) is 0.902. The minimum atomic E-state index is -0.433. The summed E-state index contributed by atoms with van der Waals surface area (Å²) in [5.74, 6) is -0.341. The fourth-order valence-electron chi connectivity index (χ4n) is 2.71. The number of halogens is 1. The van der Waals surface area contributed by atoms with Gasteiger partial charge in [-0.05, 0) is 19.4 Å². The Morgan fingerprint density at radius 1 is 1.30 bits per heavy atom. The lowest BCUT2D eigenvalue weighted by Gasteiger charge is -2.28. The van der Waals surface area contributed by atoms with Crippen molar-refractivity contribution in [2.24, 2.45) is 0 Å². The Morgan fingerprint density at radius 2 is 2.05 bits per heavy atom. The molecule has 0 aliphatic carbocycles. The molecule has 1 aromatic rings. The molecule has 0 aromatic heterocycles. The Kier molecular flexibility index (Phi) is 4.60. The predicted octanol–water partition coefficient (Wildman–Crippen LogP) is 2.15. The van der Waals surface area contributed by atoms with Crippen molar-refractivity contribution in [3.8, 4) is 5.75 Å². The highest BCUT2D eigenvalue weighted by atomic mass is 19.1. The number of benzene rings is 1. The van der Waals surface area contributed by atoms with Crippen molar-refractivity contribution in [1.82, 2.24) is 9.80 Å². The van der Waals surface area contributed by atoms with Gasteiger partial charge in [0.1, 0.15) is 11.6 Å². The number of rotatable bonds is 2. The van der Waals surface area contributed by atoms with Crippen molar-refractivity contribution in [2.75, 3.05) is 26.2 Å². The van der Waals surface area contributed by atoms with Crippen molar-refractivity contribution in [3.63, 3.8) is 0 Å². The molecule has 1 aromatic carbocycles. The molecule has 1 aliphatic rings. The van der Waals surface area contributed by atoms with Gasteiger partial charge in [-0.15, -0.1) is 0 Å². The molecule has 110 valence electrons. The van der Waals surface area contributed by atoms with Crippen molar-refractivity contribution < 1.29 is 14.3 Å². The molecule has 5 heteroatoms. The number of hydrogen-bond acceptors (Lipinski definition) is 3. The van der Waals surface area contributed by atoms with Crippen LogP contribution in [0, 0.1) is 5.82 Å². The van der Waals surface area contributed by atoms with Crippen LogP contribution in [0.4, 0.5) is 4.39 Å². The summed E-state index contributed by atoms with van der Waals surface area (Å²) in [5, 5.41) is 9.87. The second-order valence-corrected chi connectivity index (χ2v) is 5.27. The molecular weight excluding hydrogens is 259 g/mol. The van der Waals surface area contributed by atoms with Gasteiger partial charge in [-0.2, -0.15) is 0 Å². The first-order valence-electron chi connectivity index (χ1n) is 6.97. The van der Waals surface area contributed by atoms with E-state index in [-0.39, 0.29) is 17.7 Å². The van der Waals surface area contributed by atoms with Crippen molar-refractivity contribution in [1.29, 1.82) is 0 Å². The maximum Gasteiger partial charge on any atom is 0.219 e. The number of carbonyl (C=O) groups excluding carboxylic acids is 1. The minimum Gasteiger partial charge on any atom is -0.508 e. The van der Waals surface area contributed by atoms with E-state index in [1.54, 1.807) is 13.0 Å². The van der Waals surface area contributed by atoms with Crippen LogP contribution in [-0.2, 0) is 4.79 Å². The average Bonchev–Trinajstić information content (AvgIpc) is 2.63. The van der Waals surface area contributed by atoms with E-state index in [0.717, 1.165) is 37.7 Å². The van der Waals surface area contributed by atoms with E-state index in [4.69, 9.17) is 0 Å². The number of aromatic hydroxyl groups is 1. The zero-order valence-corrected chi connectivity index (χ0v) is 12.0. The molecule has 1 aliphatic heterocycles. The maximum atomic E-state index is 13.0. The van der Waals surface area contributed by atoms with Gasteiger partial charge in [-0.1, -0.05) is 6.07 Å². The highest BCUT2D eigenvalue weighted by Gasteiger charge is 2.22. The van der Waals surface area contributed by atoms with Crippen LogP contribution in [-0.4, -0.2) is 47.0 Å². The monoisotopic (exact) mass is 280 g/mol. The zero-order chi connectivity index (χ0) is 14.7. The van der Waals surface area contributed by atoms with E-state index in [0.29, 0.717) is 6.54 Å². The van der Waals surface area contributed by atoms with E-state index >= 15 is 0 Å². The van der Waals surface area contributed by atoms with E-state index in [2.05, 4.69) is 4.90 Å². The molecule has 1 saturated heterocycles. The van der Waals surface area contributed by atoms with Gasteiger partial charge in [0.25, 0.3) is 0 Å². The van der Waals surface area contributed by atoms with Crippen LogP contribution in [0.2, 0.25) is 0 Å². The Bertz CT molecular complexity index is 493. The summed E-state index contributed by atoms with van der Waals surface area (Å²) in [6.45, 7) is 6.68. The minimum absolute atomic E-state index is 0.00232. The molecule has 1 atom stereocenters. The zero-order valence-electron chi connectivity index (χ0n) is 12.0. The molecule has 2 rings (SSSR count). The van der Waals surface area contributed by atoms with Gasteiger partial charge in [0.15, 0.2) is 0 Å². The number of amides is 1. The third kappa shape index (κ3) is 3.28. The van der Waals surface area contributed by atoms with E-state index < -0.39 is 5.82 Å². The molecule has 1 fully saturated rings. The fourth-order valence-corrected chi connectivity index (χ4v) is 2.71. The molecule has 4 nitrogen and oxygen atoms in total. The molecule has 0 saturated carbocycles. The van der Waals surface area contributed by atoms with E-state index in [1.807, 2.05) is 11.8 Å². The van der Waals surface area contributed by atoms with Crippen LogP contribution in [0.5, 0.6) is 5.75 Å². The van der Waals surface area contributed by atoms with Crippen LogP contribution in [0.3, 0.4) is 0 Å². The fraction of sp³-hybridized carbons (Fsp3) is 0.533. The number of phenolic OH excluding ortho intramolecular Hbond substituents is 1. The Balaban J connectivity index is 2.09. The van der Waals surface area contributed by atoms with Crippen molar-refractivity contribution in [2.45, 2.75) is 26.3 Å². The molecule has 0 bridgehead atoms. The normalized spacial score (nSPS) is 18.6. The maximum absolute atomic E-state index is 13.0. The Morgan fingerprint density at radius 3 is 2.70 bits per heavy atom. The molecule has 1 unspecified atom stereocenters. The van der Waals surface area contributed by atoms with Gasteiger partial charge in [0.05, 0.1) is 0 Å². The van der Waals surface area contributed by atoms with Crippen LogP contribution in [0.25, 0.3) is 0 Å². The van der Waals surface area contributed by atoms with E-state index in [9.17, 15) is 14.3 Å². The summed E-state index contributed by atoms with van der Waals surface area (Å²) in [4.78, 5) is 15.5. The van der Waals surface area contributed by atoms with Gasteiger partial charge in [-0.3, -0.25) is 9.69 Å². The summed E-state index contributed by atoms with van der Waals surface area (Å²) in [7, 11) is 0. The van der Waals surface area contributed by atoms with Crippen molar-refractivity contribution >= 4 is 5.91 Å². The lowest BCUT2D eigenvalue weighted by atomic mass is 10.1. The molecule has 20 heavy (non-hydrogen) atoms. The van der Waals surface area contributed by atoms with Gasteiger partial charge in [0, 0.05) is 50.8 Å². The van der Waals surface area contributed by atoms with Crippen molar-refractivity contribution in [3.05, 3.63) is 29.6 Å². The third-order valence-electron chi connectivity index (χ3n) is 3.97. The first kappa shape index (κ1) is 14.8. The van der Waals surface area contributed by atoms with Gasteiger partial charge < -0.3 is 10.0 Å². The third-order valence-corrected chi connectivity index (χ3v) is 3.97. The topological polar surface area (TPSA) is 43.8 Å². The highest BCUT2D eigenvalue weighted by molar-refractivity contribution is 5.73. The SMILES string of the molecule is CC(=O)N1CCCN(C(C)c2ccc(F)cc2O)CC1. The van der Waals surface area contributed by atoms with Gasteiger partial charge in [-0.25, -0.2) is 4.39 Å². The molecule has 1 heterocycles. The molecule has 0 spiro atoms. The first-order chi connectivity index (χ1) is 9.49. The number of phenols is 1. The van der Waals surface area contributed by atoms with Gasteiger partial charge in [0.2, 0.25) is 5.91 Å². The van der Waals surface area contributed by atoms with Gasteiger partial charge >= 0.3 is 0 Å². The number of nitrogens with zero attached hydrogens (tertiary/aromatic N) is 2. The lowest BCUT2D eigenvalue weighted by molar-refractivity contribution is -0.128. The second-order valence-electron chi connectivity index (χ2n) is 5.27. The number of hydrogen-bond donors (Lipinski definition) is 1. The van der Waals surface area contributed by atoms with Crippen LogP contribution < -0.4 is 0 Å². The Hall–Kier alpha value is -1.62. The van der Waals surface area contributed by atoms with Crippen LogP contribution in [0.15, 0.2) is 18.2 Å². The Labute approximate surface area is 118 Å².